The quantitative estimate of drug-likeness (QED) is 0.834. The molecule has 0 saturated carbocycles. The number of methoxy groups -OCH3 is 1. The van der Waals surface area contributed by atoms with Gasteiger partial charge in [-0.25, -0.2) is 8.42 Å². The van der Waals surface area contributed by atoms with Gasteiger partial charge in [0.1, 0.15) is 15.8 Å². The number of nitrogens with zero attached hydrogens (tertiary/aromatic N) is 1. The summed E-state index contributed by atoms with van der Waals surface area (Å²) in [6, 6.07) is 10.3. The highest BCUT2D eigenvalue weighted by Gasteiger charge is 2.07. The highest BCUT2D eigenvalue weighted by molar-refractivity contribution is 7.94. The van der Waals surface area contributed by atoms with Gasteiger partial charge in [-0.05, 0) is 36.4 Å². The van der Waals surface area contributed by atoms with Crippen LogP contribution in [0.25, 0.3) is 4.72 Å². The number of benzene rings is 2. The van der Waals surface area contributed by atoms with E-state index in [1.807, 2.05) is 0 Å². The molecule has 0 aliphatic rings. The molecule has 0 radical (unpaired) electrons. The Balaban J connectivity index is 2.37. The number of hydrogen-bond acceptors (Lipinski definition) is 3. The first-order chi connectivity index (χ1) is 9.42. The molecule has 0 N–H and O–H groups in total. The van der Waals surface area contributed by atoms with Crippen molar-refractivity contribution in [1.29, 1.82) is 0 Å². The van der Waals surface area contributed by atoms with Crippen molar-refractivity contribution in [3.05, 3.63) is 57.2 Å². The van der Waals surface area contributed by atoms with Crippen molar-refractivity contribution in [2.24, 2.45) is 0 Å². The monoisotopic (exact) mass is 330 g/mol. The molecular weight excluding hydrogens is 321 g/mol. The Morgan fingerprint density at radius 3 is 2.20 bits per heavy atom. The zero-order valence-electron chi connectivity index (χ0n) is 10.4. The third kappa shape index (κ3) is 3.36. The van der Waals surface area contributed by atoms with E-state index in [9.17, 15) is 8.42 Å². The van der Waals surface area contributed by atoms with E-state index in [-0.39, 0.29) is 10.6 Å². The zero-order chi connectivity index (χ0) is 14.8. The summed E-state index contributed by atoms with van der Waals surface area (Å²) in [6.07, 6.45) is 0. The zero-order valence-corrected chi connectivity index (χ0v) is 12.7. The van der Waals surface area contributed by atoms with Crippen LogP contribution in [0, 0.1) is 0 Å². The van der Waals surface area contributed by atoms with E-state index in [1.165, 1.54) is 37.4 Å². The highest BCUT2D eigenvalue weighted by Crippen LogP contribution is 2.37. The summed E-state index contributed by atoms with van der Waals surface area (Å²) >= 11 is 11.6. The minimum Gasteiger partial charge on any atom is -0.570 e. The Bertz CT molecular complexity index is 715. The van der Waals surface area contributed by atoms with Crippen LogP contribution in [0.15, 0.2) is 47.4 Å². The van der Waals surface area contributed by atoms with Crippen LogP contribution in [-0.2, 0) is 10.0 Å². The maximum Gasteiger partial charge on any atom is 0.123 e. The maximum atomic E-state index is 12.2. The van der Waals surface area contributed by atoms with Crippen molar-refractivity contribution in [2.75, 3.05) is 7.11 Å². The molecule has 2 aromatic carbocycles. The normalized spacial score (nSPS) is 11.2. The van der Waals surface area contributed by atoms with Crippen LogP contribution < -0.4 is 4.74 Å². The second kappa shape index (κ2) is 5.91. The van der Waals surface area contributed by atoms with E-state index in [0.717, 1.165) is 0 Å². The summed E-state index contributed by atoms with van der Waals surface area (Å²) in [5, 5.41) is 0.820. The Kier molecular flexibility index (Phi) is 4.42. The lowest BCUT2D eigenvalue weighted by molar-refractivity contribution is 0.417. The Labute approximate surface area is 127 Å². The molecule has 0 heterocycles. The summed E-state index contributed by atoms with van der Waals surface area (Å²) in [5.41, 5.74) is 0.148. The van der Waals surface area contributed by atoms with Crippen LogP contribution in [0.3, 0.4) is 0 Å². The first-order valence-corrected chi connectivity index (χ1v) is 7.69. The molecule has 0 fully saturated rings. The first-order valence-electron chi connectivity index (χ1n) is 5.49. The Morgan fingerprint density at radius 2 is 1.60 bits per heavy atom. The third-order valence-corrected chi connectivity index (χ3v) is 4.26. The van der Waals surface area contributed by atoms with E-state index < -0.39 is 10.0 Å². The minimum absolute atomic E-state index is 0.0453. The van der Waals surface area contributed by atoms with Gasteiger partial charge in [0.25, 0.3) is 0 Å². The largest absolute Gasteiger partial charge is 0.570 e. The lowest BCUT2D eigenvalue weighted by atomic mass is 10.3. The molecule has 0 saturated heterocycles. The van der Waals surface area contributed by atoms with E-state index in [0.29, 0.717) is 15.8 Å². The van der Waals surface area contributed by atoms with E-state index >= 15 is 0 Å². The fourth-order valence-corrected chi connectivity index (χ4v) is 2.80. The summed E-state index contributed by atoms with van der Waals surface area (Å²) in [6.45, 7) is 0. The first kappa shape index (κ1) is 15.0. The van der Waals surface area contributed by atoms with Gasteiger partial charge in [-0.15, -0.1) is 0 Å². The molecule has 0 spiro atoms. The van der Waals surface area contributed by atoms with Crippen molar-refractivity contribution >= 4 is 38.9 Å². The molecule has 0 aliphatic heterocycles. The van der Waals surface area contributed by atoms with E-state index in [2.05, 4.69) is 4.72 Å². The number of ether oxygens (including phenoxy) is 1. The third-order valence-electron chi connectivity index (χ3n) is 2.47. The van der Waals surface area contributed by atoms with E-state index in [1.54, 1.807) is 12.1 Å². The van der Waals surface area contributed by atoms with Crippen molar-refractivity contribution in [2.45, 2.75) is 4.90 Å². The summed E-state index contributed by atoms with van der Waals surface area (Å²) in [7, 11) is -2.42. The minimum atomic E-state index is -3.85. The lowest BCUT2D eigenvalue weighted by Crippen LogP contribution is -1.98. The maximum absolute atomic E-state index is 12.2. The average molecular weight is 331 g/mol. The van der Waals surface area contributed by atoms with Crippen LogP contribution in [0.2, 0.25) is 10.0 Å². The van der Waals surface area contributed by atoms with Gasteiger partial charge in [0.15, 0.2) is 0 Å². The van der Waals surface area contributed by atoms with Gasteiger partial charge in [-0.1, -0.05) is 35.0 Å². The van der Waals surface area contributed by atoms with Gasteiger partial charge < -0.3 is 9.46 Å². The van der Waals surface area contributed by atoms with Gasteiger partial charge in [-0.3, -0.25) is 0 Å². The average Bonchev–Trinajstić information content (AvgIpc) is 2.39. The Morgan fingerprint density at radius 1 is 1.00 bits per heavy atom. The Hall–Kier alpha value is -1.43. The van der Waals surface area contributed by atoms with Crippen LogP contribution in [0.4, 0.5) is 5.69 Å². The predicted molar refractivity (Wildman–Crippen MR) is 79.7 cm³/mol. The van der Waals surface area contributed by atoms with Gasteiger partial charge >= 0.3 is 0 Å². The lowest BCUT2D eigenvalue weighted by Gasteiger charge is -2.24. The summed E-state index contributed by atoms with van der Waals surface area (Å²) in [4.78, 5) is 0.0453. The van der Waals surface area contributed by atoms with Gasteiger partial charge in [0.05, 0.1) is 12.0 Å². The number of halogens is 2. The highest BCUT2D eigenvalue weighted by atomic mass is 35.5. The standard InChI is InChI=1S/C13H10Cl2NO3S/c1-19-13-7-4-10(15)8-12(13)16-20(17,18)11-5-2-9(14)3-6-11/h2-8H,1H3/q-1. The smallest absolute Gasteiger partial charge is 0.123 e. The van der Waals surface area contributed by atoms with Crippen LogP contribution in [0.5, 0.6) is 5.75 Å². The van der Waals surface area contributed by atoms with Gasteiger partial charge in [-0.2, -0.15) is 0 Å². The van der Waals surface area contributed by atoms with Crippen molar-refractivity contribution < 1.29 is 13.2 Å². The molecule has 20 heavy (non-hydrogen) atoms. The molecule has 0 atom stereocenters. The molecule has 0 amide bonds. The molecule has 2 aromatic rings. The predicted octanol–water partition coefficient (Wildman–Crippen LogP) is 4.40. The molecule has 7 heteroatoms. The second-order valence-electron chi connectivity index (χ2n) is 3.84. The van der Waals surface area contributed by atoms with Crippen LogP contribution >= 0.6 is 23.2 Å². The number of hydrogen-bond donors (Lipinski definition) is 0. The number of rotatable bonds is 4. The summed E-state index contributed by atoms with van der Waals surface area (Å²) < 4.78 is 33.2. The molecule has 106 valence electrons. The van der Waals surface area contributed by atoms with Crippen LogP contribution in [-0.4, -0.2) is 15.5 Å². The molecule has 0 unspecified atom stereocenters. The number of sulfonamides is 1. The van der Waals surface area contributed by atoms with Crippen molar-refractivity contribution in [1.82, 2.24) is 0 Å². The summed E-state index contributed by atoms with van der Waals surface area (Å²) in [5.74, 6) is 0.326. The van der Waals surface area contributed by atoms with Crippen molar-refractivity contribution in [3.8, 4) is 5.75 Å². The molecule has 0 aromatic heterocycles. The fourth-order valence-electron chi connectivity index (χ4n) is 1.52. The SMILES string of the molecule is COc1ccc(Cl)cc1[N-]S(=O)(=O)c1ccc(Cl)cc1. The van der Waals surface area contributed by atoms with Crippen LogP contribution in [0.1, 0.15) is 0 Å². The van der Waals surface area contributed by atoms with Gasteiger partial charge in [0, 0.05) is 10.0 Å². The fraction of sp³-hybridized carbons (Fsp3) is 0.0769. The molecule has 0 bridgehead atoms. The second-order valence-corrected chi connectivity index (χ2v) is 6.31. The topological polar surface area (TPSA) is 57.5 Å². The molecule has 2 rings (SSSR count). The van der Waals surface area contributed by atoms with E-state index in [4.69, 9.17) is 27.9 Å². The molecule has 4 nitrogen and oxygen atoms in total. The molecular formula is C13H10Cl2NO3S-. The molecule has 0 aliphatic carbocycles. The van der Waals surface area contributed by atoms with Crippen molar-refractivity contribution in [3.63, 3.8) is 0 Å². The van der Waals surface area contributed by atoms with Gasteiger partial charge in [0.2, 0.25) is 0 Å².